The first-order chi connectivity index (χ1) is 8.90. The third-order valence-corrected chi connectivity index (χ3v) is 2.26. The van der Waals surface area contributed by atoms with Gasteiger partial charge in [-0.3, -0.25) is 30.3 Å². The normalized spacial score (nSPS) is 9.95. The first-order valence-electron chi connectivity index (χ1n) is 5.24. The van der Waals surface area contributed by atoms with Crippen molar-refractivity contribution >= 4 is 22.7 Å². The van der Waals surface area contributed by atoms with Crippen LogP contribution in [0.5, 0.6) is 0 Å². The summed E-state index contributed by atoms with van der Waals surface area (Å²) in [5, 5.41) is 35.1. The summed E-state index contributed by atoms with van der Waals surface area (Å²) < 4.78 is 0. The molecule has 0 aliphatic rings. The molecule has 0 unspecified atom stereocenters. The Hall–Kier alpha value is -2.78. The van der Waals surface area contributed by atoms with Gasteiger partial charge in [0.15, 0.2) is 0 Å². The highest BCUT2D eigenvalue weighted by molar-refractivity contribution is 5.78. The highest BCUT2D eigenvalue weighted by atomic mass is 16.6. The second kappa shape index (κ2) is 5.71. The maximum Gasteiger partial charge on any atom is 0.424 e. The van der Waals surface area contributed by atoms with Crippen molar-refractivity contribution < 1.29 is 14.8 Å². The Kier molecular flexibility index (Phi) is 4.29. The van der Waals surface area contributed by atoms with Crippen molar-refractivity contribution in [1.29, 1.82) is 0 Å². The van der Waals surface area contributed by atoms with E-state index in [1.807, 2.05) is 0 Å². The van der Waals surface area contributed by atoms with E-state index in [0.717, 1.165) is 12.1 Å². The van der Waals surface area contributed by atoms with E-state index in [-0.39, 0.29) is 5.69 Å². The van der Waals surface area contributed by atoms with Crippen molar-refractivity contribution in [3.05, 3.63) is 42.5 Å². The maximum atomic E-state index is 10.9. The molecule has 10 nitrogen and oxygen atoms in total. The van der Waals surface area contributed by atoms with E-state index in [1.54, 1.807) is 6.92 Å². The van der Waals surface area contributed by atoms with E-state index >= 15 is 0 Å². The number of nitrogens with zero attached hydrogens (tertiary/aromatic N) is 3. The molecule has 0 amide bonds. The van der Waals surface area contributed by atoms with E-state index in [9.17, 15) is 30.3 Å². The maximum absolute atomic E-state index is 10.9. The fraction of sp³-hybridized carbons (Fsp3) is 0.333. The van der Waals surface area contributed by atoms with Gasteiger partial charge in [0.1, 0.15) is 5.69 Å². The lowest BCUT2D eigenvalue weighted by Gasteiger charge is -2.05. The number of hydrogen-bond acceptors (Lipinski definition) is 7. The van der Waals surface area contributed by atoms with Gasteiger partial charge >= 0.3 is 17.1 Å². The van der Waals surface area contributed by atoms with Crippen molar-refractivity contribution in [2.45, 2.75) is 13.3 Å². The van der Waals surface area contributed by atoms with Gasteiger partial charge in [-0.1, -0.05) is 6.92 Å². The summed E-state index contributed by atoms with van der Waals surface area (Å²) in [7, 11) is 0. The average Bonchev–Trinajstić information content (AvgIpc) is 2.34. The molecule has 1 aromatic rings. The summed E-state index contributed by atoms with van der Waals surface area (Å²) in [4.78, 5) is 29.3. The Morgan fingerprint density at radius 3 is 2.00 bits per heavy atom. The van der Waals surface area contributed by atoms with Gasteiger partial charge in [0, 0.05) is 12.6 Å². The first-order valence-corrected chi connectivity index (χ1v) is 5.24. The molecule has 0 atom stereocenters. The quantitative estimate of drug-likeness (QED) is 0.616. The smallest absolute Gasteiger partial charge is 0.379 e. The van der Waals surface area contributed by atoms with Gasteiger partial charge in [0.25, 0.3) is 0 Å². The molecule has 1 N–H and O–H groups in total. The fourth-order valence-electron chi connectivity index (χ4n) is 1.48. The van der Waals surface area contributed by atoms with Crippen LogP contribution in [0, 0.1) is 30.3 Å². The van der Waals surface area contributed by atoms with Crippen LogP contribution in [0.25, 0.3) is 0 Å². The Bertz CT molecular complexity index is 544. The summed E-state index contributed by atoms with van der Waals surface area (Å²) in [5.41, 5.74) is -3.02. The van der Waals surface area contributed by atoms with Crippen LogP contribution < -0.4 is 5.32 Å². The summed E-state index contributed by atoms with van der Waals surface area (Å²) in [6.45, 7) is 2.16. The van der Waals surface area contributed by atoms with E-state index < -0.39 is 31.8 Å². The van der Waals surface area contributed by atoms with E-state index in [0.29, 0.717) is 13.0 Å². The van der Waals surface area contributed by atoms with Crippen molar-refractivity contribution in [3.8, 4) is 0 Å². The van der Waals surface area contributed by atoms with Crippen molar-refractivity contribution in [2.75, 3.05) is 11.9 Å². The molecule has 0 aliphatic carbocycles. The van der Waals surface area contributed by atoms with E-state index in [4.69, 9.17) is 0 Å². The molecule has 0 radical (unpaired) electrons. The molecule has 0 aromatic heterocycles. The molecule has 19 heavy (non-hydrogen) atoms. The average molecular weight is 270 g/mol. The third-order valence-electron chi connectivity index (χ3n) is 2.26. The number of nitro groups is 3. The molecule has 10 heteroatoms. The Balaban J connectivity index is 3.54. The number of hydrogen-bond donors (Lipinski definition) is 1. The molecular formula is C9H10N4O6. The number of nitro benzene ring substituents is 3. The minimum atomic E-state index is -1.12. The number of nitrogens with one attached hydrogen (secondary N) is 1. The molecule has 1 aromatic carbocycles. The Labute approximate surface area is 106 Å². The van der Waals surface area contributed by atoms with Crippen molar-refractivity contribution in [1.82, 2.24) is 0 Å². The Morgan fingerprint density at radius 1 is 1.00 bits per heavy atom. The number of rotatable bonds is 6. The van der Waals surface area contributed by atoms with Gasteiger partial charge in [-0.25, -0.2) is 0 Å². The zero-order valence-corrected chi connectivity index (χ0v) is 9.86. The standard InChI is InChI=1S/C9H10N4O6/c1-2-5-10-6-3-4-7(11(14)15)9(13(18)19)8(6)12(16)17/h3-4,10H,2,5H2,1H3. The van der Waals surface area contributed by atoms with Crippen LogP contribution in [-0.4, -0.2) is 21.3 Å². The van der Waals surface area contributed by atoms with Crippen molar-refractivity contribution in [3.63, 3.8) is 0 Å². The van der Waals surface area contributed by atoms with Gasteiger partial charge in [0.05, 0.1) is 14.8 Å². The molecular weight excluding hydrogens is 260 g/mol. The van der Waals surface area contributed by atoms with Gasteiger partial charge in [0.2, 0.25) is 0 Å². The molecule has 0 bridgehead atoms. The van der Waals surface area contributed by atoms with Crippen molar-refractivity contribution in [2.24, 2.45) is 0 Å². The van der Waals surface area contributed by atoms with Crippen LogP contribution in [0.15, 0.2) is 12.1 Å². The predicted octanol–water partition coefficient (Wildman–Crippen LogP) is 2.23. The summed E-state index contributed by atoms with van der Waals surface area (Å²) in [6.07, 6.45) is 0.641. The lowest BCUT2D eigenvalue weighted by Crippen LogP contribution is -2.07. The number of benzene rings is 1. The van der Waals surface area contributed by atoms with Crippen LogP contribution >= 0.6 is 0 Å². The minimum absolute atomic E-state index is 0.107. The lowest BCUT2D eigenvalue weighted by molar-refractivity contribution is -0.440. The number of anilines is 1. The van der Waals surface area contributed by atoms with Crippen LogP contribution in [0.1, 0.15) is 13.3 Å². The summed E-state index contributed by atoms with van der Waals surface area (Å²) >= 11 is 0. The molecule has 0 spiro atoms. The molecule has 0 saturated carbocycles. The van der Waals surface area contributed by atoms with Crippen LogP contribution in [0.3, 0.4) is 0 Å². The van der Waals surface area contributed by atoms with Crippen LogP contribution in [-0.2, 0) is 0 Å². The predicted molar refractivity (Wildman–Crippen MR) is 65.2 cm³/mol. The zero-order valence-electron chi connectivity index (χ0n) is 9.86. The van der Waals surface area contributed by atoms with Crippen LogP contribution in [0.4, 0.5) is 22.7 Å². The SMILES string of the molecule is CCCNc1ccc([N+](=O)[O-])c([N+](=O)[O-])c1[N+](=O)[O-]. The lowest BCUT2D eigenvalue weighted by atomic mass is 10.2. The molecule has 0 fully saturated rings. The molecule has 0 aliphatic heterocycles. The van der Waals surface area contributed by atoms with E-state index in [2.05, 4.69) is 5.32 Å². The third kappa shape index (κ3) is 2.91. The minimum Gasteiger partial charge on any atom is -0.379 e. The molecule has 1 rings (SSSR count). The van der Waals surface area contributed by atoms with Gasteiger partial charge in [-0.05, 0) is 12.5 Å². The topological polar surface area (TPSA) is 141 Å². The molecule has 102 valence electrons. The fourth-order valence-corrected chi connectivity index (χ4v) is 1.48. The van der Waals surface area contributed by atoms with Gasteiger partial charge in [-0.15, -0.1) is 0 Å². The molecule has 0 saturated heterocycles. The first kappa shape index (κ1) is 14.3. The van der Waals surface area contributed by atoms with Gasteiger partial charge in [-0.2, -0.15) is 0 Å². The highest BCUT2D eigenvalue weighted by Gasteiger charge is 2.38. The largest absolute Gasteiger partial charge is 0.424 e. The van der Waals surface area contributed by atoms with Crippen LogP contribution in [0.2, 0.25) is 0 Å². The highest BCUT2D eigenvalue weighted by Crippen LogP contribution is 2.41. The molecule has 0 heterocycles. The second-order valence-electron chi connectivity index (χ2n) is 3.53. The van der Waals surface area contributed by atoms with Gasteiger partial charge < -0.3 is 5.32 Å². The summed E-state index contributed by atoms with van der Waals surface area (Å²) in [5.74, 6) is 0. The van der Waals surface area contributed by atoms with E-state index in [1.165, 1.54) is 0 Å². The zero-order chi connectivity index (χ0) is 14.6. The Morgan fingerprint density at radius 2 is 1.58 bits per heavy atom. The monoisotopic (exact) mass is 270 g/mol. The second-order valence-corrected chi connectivity index (χ2v) is 3.53. The summed E-state index contributed by atoms with van der Waals surface area (Å²) in [6, 6.07) is 1.97.